The molecule has 1 aromatic carbocycles. The first kappa shape index (κ1) is 11.7. The molecule has 0 aliphatic carbocycles. The maximum Gasteiger partial charge on any atom is 0.335 e. The number of carboxylic acid groups (broad SMARTS) is 1. The predicted octanol–water partition coefficient (Wildman–Crippen LogP) is 2.03. The first-order valence-electron chi connectivity index (χ1n) is 6.16. The monoisotopic (exact) mass is 259 g/mol. The van der Waals surface area contributed by atoms with Crippen molar-refractivity contribution >= 4 is 11.9 Å². The van der Waals surface area contributed by atoms with E-state index in [1.54, 1.807) is 12.1 Å². The summed E-state index contributed by atoms with van der Waals surface area (Å²) in [6.45, 7) is 1.88. The van der Waals surface area contributed by atoms with E-state index in [0.717, 1.165) is 25.9 Å². The first-order valence-corrected chi connectivity index (χ1v) is 6.16. The second kappa shape index (κ2) is 4.72. The molecule has 1 N–H and O–H groups in total. The van der Waals surface area contributed by atoms with Crippen LogP contribution < -0.4 is 4.90 Å². The van der Waals surface area contributed by atoms with Crippen molar-refractivity contribution in [1.29, 1.82) is 0 Å². The van der Waals surface area contributed by atoms with Crippen molar-refractivity contribution < 1.29 is 14.4 Å². The van der Waals surface area contributed by atoms with Crippen LogP contribution in [0.5, 0.6) is 0 Å². The predicted molar refractivity (Wildman–Crippen MR) is 68.1 cm³/mol. The van der Waals surface area contributed by atoms with Gasteiger partial charge in [0.25, 0.3) is 11.8 Å². The van der Waals surface area contributed by atoms with E-state index in [0.29, 0.717) is 17.4 Å². The fourth-order valence-electron chi connectivity index (χ4n) is 2.16. The molecule has 1 aromatic heterocycles. The van der Waals surface area contributed by atoms with Crippen molar-refractivity contribution in [1.82, 2.24) is 10.1 Å². The molecule has 6 heteroatoms. The third-order valence-corrected chi connectivity index (χ3v) is 3.16. The van der Waals surface area contributed by atoms with E-state index in [2.05, 4.69) is 15.0 Å². The zero-order chi connectivity index (χ0) is 13.2. The lowest BCUT2D eigenvalue weighted by Crippen LogP contribution is -2.18. The Labute approximate surface area is 109 Å². The third-order valence-electron chi connectivity index (χ3n) is 3.16. The molecule has 1 fully saturated rings. The Kier molecular flexibility index (Phi) is 2.91. The SMILES string of the molecule is O=C(O)c1cccc(-c2nc(N3CCCC3)no2)c1. The summed E-state index contributed by atoms with van der Waals surface area (Å²) in [5.41, 5.74) is 0.830. The van der Waals surface area contributed by atoms with Crippen molar-refractivity contribution in [3.8, 4) is 11.5 Å². The van der Waals surface area contributed by atoms with Crippen LogP contribution in [0.15, 0.2) is 28.8 Å². The largest absolute Gasteiger partial charge is 0.478 e. The molecule has 0 unspecified atom stereocenters. The molecule has 1 saturated heterocycles. The van der Waals surface area contributed by atoms with Gasteiger partial charge in [-0.15, -0.1) is 0 Å². The average molecular weight is 259 g/mol. The van der Waals surface area contributed by atoms with E-state index in [1.165, 1.54) is 12.1 Å². The second-order valence-electron chi connectivity index (χ2n) is 4.48. The quantitative estimate of drug-likeness (QED) is 0.908. The number of carboxylic acids is 1. The van der Waals surface area contributed by atoms with Crippen molar-refractivity contribution in [3.63, 3.8) is 0 Å². The molecule has 98 valence electrons. The average Bonchev–Trinajstić information content (AvgIpc) is 3.09. The van der Waals surface area contributed by atoms with Crippen LogP contribution in [0.3, 0.4) is 0 Å². The standard InChI is InChI=1S/C13H13N3O3/c17-12(18)10-5-3-4-9(8-10)11-14-13(15-19-11)16-6-1-2-7-16/h3-5,8H,1-2,6-7H2,(H,17,18). The highest BCUT2D eigenvalue weighted by Gasteiger charge is 2.19. The minimum atomic E-state index is -0.971. The molecule has 0 radical (unpaired) electrons. The fourth-order valence-corrected chi connectivity index (χ4v) is 2.16. The number of anilines is 1. The molecule has 0 spiro atoms. The Bertz CT molecular complexity index is 603. The van der Waals surface area contributed by atoms with Crippen molar-refractivity contribution in [2.45, 2.75) is 12.8 Å². The van der Waals surface area contributed by atoms with E-state index >= 15 is 0 Å². The fraction of sp³-hybridized carbons (Fsp3) is 0.308. The molecule has 2 heterocycles. The van der Waals surface area contributed by atoms with Crippen LogP contribution in [0.4, 0.5) is 5.95 Å². The Morgan fingerprint density at radius 1 is 1.32 bits per heavy atom. The molecule has 0 bridgehead atoms. The van der Waals surface area contributed by atoms with Crippen molar-refractivity contribution in [3.05, 3.63) is 29.8 Å². The maximum atomic E-state index is 10.9. The topological polar surface area (TPSA) is 79.5 Å². The summed E-state index contributed by atoms with van der Waals surface area (Å²) in [6.07, 6.45) is 2.27. The summed E-state index contributed by atoms with van der Waals surface area (Å²) < 4.78 is 5.20. The molecule has 2 aromatic rings. The van der Waals surface area contributed by atoms with Crippen LogP contribution in [0.25, 0.3) is 11.5 Å². The first-order chi connectivity index (χ1) is 9.24. The van der Waals surface area contributed by atoms with Gasteiger partial charge in [-0.3, -0.25) is 0 Å². The third kappa shape index (κ3) is 2.29. The van der Waals surface area contributed by atoms with Gasteiger partial charge in [0, 0.05) is 18.7 Å². The van der Waals surface area contributed by atoms with Gasteiger partial charge >= 0.3 is 5.97 Å². The second-order valence-corrected chi connectivity index (χ2v) is 4.48. The van der Waals surface area contributed by atoms with Crippen LogP contribution in [-0.2, 0) is 0 Å². The van der Waals surface area contributed by atoms with Crippen LogP contribution in [-0.4, -0.2) is 34.3 Å². The van der Waals surface area contributed by atoms with Gasteiger partial charge < -0.3 is 14.5 Å². The van der Waals surface area contributed by atoms with Gasteiger partial charge in [0.1, 0.15) is 0 Å². The van der Waals surface area contributed by atoms with Crippen LogP contribution in [0.2, 0.25) is 0 Å². The lowest BCUT2D eigenvalue weighted by atomic mass is 10.1. The molecule has 3 rings (SSSR count). The van der Waals surface area contributed by atoms with Crippen LogP contribution >= 0.6 is 0 Å². The highest BCUT2D eigenvalue weighted by molar-refractivity contribution is 5.88. The number of carbonyl (C=O) groups is 1. The number of aromatic carboxylic acids is 1. The molecular formula is C13H13N3O3. The Hall–Kier alpha value is -2.37. The molecule has 1 aliphatic rings. The van der Waals surface area contributed by atoms with Gasteiger partial charge in [-0.1, -0.05) is 6.07 Å². The molecule has 1 aliphatic heterocycles. The number of benzene rings is 1. The van der Waals surface area contributed by atoms with E-state index in [-0.39, 0.29) is 5.56 Å². The van der Waals surface area contributed by atoms with Gasteiger partial charge in [-0.05, 0) is 36.2 Å². The van der Waals surface area contributed by atoms with Gasteiger partial charge in [-0.25, -0.2) is 4.79 Å². The lowest BCUT2D eigenvalue weighted by Gasteiger charge is -2.09. The Morgan fingerprint density at radius 3 is 2.84 bits per heavy atom. The smallest absolute Gasteiger partial charge is 0.335 e. The normalized spacial score (nSPS) is 14.8. The highest BCUT2D eigenvalue weighted by Crippen LogP contribution is 2.23. The highest BCUT2D eigenvalue weighted by atomic mass is 16.5. The maximum absolute atomic E-state index is 10.9. The summed E-state index contributed by atoms with van der Waals surface area (Å²) in [4.78, 5) is 17.3. The molecule has 0 amide bonds. The van der Waals surface area contributed by atoms with Gasteiger partial charge in [0.05, 0.1) is 5.56 Å². The molecular weight excluding hydrogens is 246 g/mol. The van der Waals surface area contributed by atoms with Gasteiger partial charge in [0.15, 0.2) is 0 Å². The summed E-state index contributed by atoms with van der Waals surface area (Å²) >= 11 is 0. The van der Waals surface area contributed by atoms with Gasteiger partial charge in [-0.2, -0.15) is 4.98 Å². The number of hydrogen-bond donors (Lipinski definition) is 1. The van der Waals surface area contributed by atoms with Crippen LogP contribution in [0.1, 0.15) is 23.2 Å². The zero-order valence-electron chi connectivity index (χ0n) is 10.2. The molecule has 19 heavy (non-hydrogen) atoms. The van der Waals surface area contributed by atoms with Crippen LogP contribution in [0, 0.1) is 0 Å². The molecule has 0 atom stereocenters. The number of aromatic nitrogens is 2. The molecule has 6 nitrogen and oxygen atoms in total. The summed E-state index contributed by atoms with van der Waals surface area (Å²) in [5, 5.41) is 12.9. The van der Waals surface area contributed by atoms with E-state index in [1.807, 2.05) is 0 Å². The zero-order valence-corrected chi connectivity index (χ0v) is 10.2. The summed E-state index contributed by atoms with van der Waals surface area (Å²) in [6, 6.07) is 6.49. The van der Waals surface area contributed by atoms with E-state index in [9.17, 15) is 4.79 Å². The number of hydrogen-bond acceptors (Lipinski definition) is 5. The lowest BCUT2D eigenvalue weighted by molar-refractivity contribution is 0.0697. The van der Waals surface area contributed by atoms with E-state index in [4.69, 9.17) is 9.63 Å². The van der Waals surface area contributed by atoms with Crippen molar-refractivity contribution in [2.75, 3.05) is 18.0 Å². The van der Waals surface area contributed by atoms with Crippen molar-refractivity contribution in [2.24, 2.45) is 0 Å². The summed E-state index contributed by atoms with van der Waals surface area (Å²) in [7, 11) is 0. The number of nitrogens with zero attached hydrogens (tertiary/aromatic N) is 3. The molecule has 0 saturated carbocycles. The minimum absolute atomic E-state index is 0.207. The minimum Gasteiger partial charge on any atom is -0.478 e. The van der Waals surface area contributed by atoms with Gasteiger partial charge in [0.2, 0.25) is 0 Å². The summed E-state index contributed by atoms with van der Waals surface area (Å²) in [5.74, 6) is -0.0423. The number of rotatable bonds is 3. The Morgan fingerprint density at radius 2 is 2.11 bits per heavy atom. The Balaban J connectivity index is 1.89. The van der Waals surface area contributed by atoms with E-state index < -0.39 is 5.97 Å².